The van der Waals surface area contributed by atoms with Crippen molar-refractivity contribution < 1.29 is 13.2 Å². The van der Waals surface area contributed by atoms with Gasteiger partial charge in [-0.05, 0) is 18.2 Å². The predicted octanol–water partition coefficient (Wildman–Crippen LogP) is 4.08. The minimum Gasteiger partial charge on any atom is -0.397 e. The van der Waals surface area contributed by atoms with Crippen molar-refractivity contribution in [3.63, 3.8) is 0 Å². The quantitative estimate of drug-likeness (QED) is 0.875. The van der Waals surface area contributed by atoms with E-state index in [1.807, 2.05) is 0 Å². The Balaban J connectivity index is 2.39. The van der Waals surface area contributed by atoms with Crippen LogP contribution in [0.2, 0.25) is 5.02 Å². The number of nitrogens with zero attached hydrogens (tertiary/aromatic N) is 1. The molecule has 0 radical (unpaired) electrons. The molecule has 1 aromatic heterocycles. The van der Waals surface area contributed by atoms with E-state index in [0.29, 0.717) is 5.69 Å². The van der Waals surface area contributed by atoms with Gasteiger partial charge in [-0.15, -0.1) is 0 Å². The molecule has 0 saturated heterocycles. The maximum absolute atomic E-state index is 12.8. The molecule has 3 N–H and O–H groups in total. The number of anilines is 3. The van der Waals surface area contributed by atoms with E-state index in [1.165, 1.54) is 30.5 Å². The third-order valence-electron chi connectivity index (χ3n) is 2.35. The lowest BCUT2D eigenvalue weighted by Crippen LogP contribution is -2.09. The Labute approximate surface area is 112 Å². The SMILES string of the molecule is Nc1cnc(Nc2ccccc2C(F)(F)F)c(Cl)c1. The molecule has 0 atom stereocenters. The zero-order valence-electron chi connectivity index (χ0n) is 9.50. The Morgan fingerprint density at radius 1 is 1.21 bits per heavy atom. The lowest BCUT2D eigenvalue weighted by atomic mass is 10.1. The van der Waals surface area contributed by atoms with Crippen molar-refractivity contribution in [2.24, 2.45) is 0 Å². The number of nitrogens with two attached hydrogens (primary N) is 1. The Kier molecular flexibility index (Phi) is 3.53. The average Bonchev–Trinajstić information content (AvgIpc) is 2.32. The zero-order valence-corrected chi connectivity index (χ0v) is 10.3. The number of hydrogen-bond donors (Lipinski definition) is 2. The number of halogens is 4. The van der Waals surface area contributed by atoms with Crippen LogP contribution in [0.4, 0.5) is 30.4 Å². The molecule has 0 saturated carbocycles. The van der Waals surface area contributed by atoms with Crippen LogP contribution in [-0.2, 0) is 6.18 Å². The van der Waals surface area contributed by atoms with E-state index in [1.54, 1.807) is 0 Å². The Morgan fingerprint density at radius 3 is 2.53 bits per heavy atom. The summed E-state index contributed by atoms with van der Waals surface area (Å²) < 4.78 is 38.4. The highest BCUT2D eigenvalue weighted by Crippen LogP contribution is 2.36. The maximum atomic E-state index is 12.8. The molecular formula is C12H9ClF3N3. The summed E-state index contributed by atoms with van der Waals surface area (Å²) in [4.78, 5) is 3.86. The number of pyridine rings is 1. The fourth-order valence-corrected chi connectivity index (χ4v) is 1.73. The molecule has 0 aliphatic rings. The summed E-state index contributed by atoms with van der Waals surface area (Å²) in [6.07, 6.45) is -3.14. The molecule has 7 heteroatoms. The third kappa shape index (κ3) is 3.08. The van der Waals surface area contributed by atoms with Gasteiger partial charge in [0.25, 0.3) is 0 Å². The van der Waals surface area contributed by atoms with Crippen LogP contribution in [0.25, 0.3) is 0 Å². The molecule has 2 aromatic rings. The fourth-order valence-electron chi connectivity index (χ4n) is 1.51. The van der Waals surface area contributed by atoms with Gasteiger partial charge >= 0.3 is 6.18 Å². The minimum atomic E-state index is -4.45. The first-order chi connectivity index (χ1) is 8.88. The topological polar surface area (TPSA) is 50.9 Å². The highest BCUT2D eigenvalue weighted by Gasteiger charge is 2.33. The van der Waals surface area contributed by atoms with Crippen molar-refractivity contribution >= 4 is 28.8 Å². The molecule has 100 valence electrons. The molecule has 0 aliphatic heterocycles. The lowest BCUT2D eigenvalue weighted by molar-refractivity contribution is -0.136. The van der Waals surface area contributed by atoms with Crippen molar-refractivity contribution in [2.75, 3.05) is 11.1 Å². The standard InChI is InChI=1S/C12H9ClF3N3/c13-9-5-7(17)6-18-11(9)19-10-4-2-1-3-8(10)12(14,15)16/h1-6H,17H2,(H,18,19). The number of alkyl halides is 3. The average molecular weight is 288 g/mol. The summed E-state index contributed by atoms with van der Waals surface area (Å²) in [6, 6.07) is 6.49. The largest absolute Gasteiger partial charge is 0.418 e. The Morgan fingerprint density at radius 2 is 1.89 bits per heavy atom. The summed E-state index contributed by atoms with van der Waals surface area (Å²) in [5.41, 5.74) is 4.89. The molecule has 0 aliphatic carbocycles. The van der Waals surface area contributed by atoms with Crippen molar-refractivity contribution in [1.29, 1.82) is 0 Å². The van der Waals surface area contributed by atoms with Crippen molar-refractivity contribution in [2.45, 2.75) is 6.18 Å². The first-order valence-electron chi connectivity index (χ1n) is 5.22. The van der Waals surface area contributed by atoms with E-state index in [2.05, 4.69) is 10.3 Å². The van der Waals surface area contributed by atoms with Crippen LogP contribution in [0.1, 0.15) is 5.56 Å². The fraction of sp³-hybridized carbons (Fsp3) is 0.0833. The number of nitrogens with one attached hydrogen (secondary N) is 1. The van der Waals surface area contributed by atoms with E-state index in [9.17, 15) is 13.2 Å². The smallest absolute Gasteiger partial charge is 0.397 e. The number of para-hydroxylation sites is 1. The molecule has 0 bridgehead atoms. The minimum absolute atomic E-state index is 0.117. The lowest BCUT2D eigenvalue weighted by Gasteiger charge is -2.14. The second-order valence-electron chi connectivity index (χ2n) is 3.77. The van der Waals surface area contributed by atoms with Gasteiger partial charge in [0.1, 0.15) is 5.82 Å². The number of aromatic nitrogens is 1. The van der Waals surface area contributed by atoms with Gasteiger partial charge in [0, 0.05) is 0 Å². The van der Waals surface area contributed by atoms with E-state index in [0.717, 1.165) is 6.07 Å². The summed E-state index contributed by atoms with van der Waals surface area (Å²) in [6.45, 7) is 0. The Bertz CT molecular complexity index is 599. The molecule has 19 heavy (non-hydrogen) atoms. The van der Waals surface area contributed by atoms with Gasteiger partial charge in [-0.25, -0.2) is 4.98 Å². The van der Waals surface area contributed by atoms with E-state index in [-0.39, 0.29) is 16.5 Å². The highest BCUT2D eigenvalue weighted by molar-refractivity contribution is 6.33. The van der Waals surface area contributed by atoms with E-state index >= 15 is 0 Å². The molecule has 0 spiro atoms. The van der Waals surface area contributed by atoms with Crippen LogP contribution in [0.3, 0.4) is 0 Å². The van der Waals surface area contributed by atoms with Crippen LogP contribution in [0, 0.1) is 0 Å². The summed E-state index contributed by atoms with van der Waals surface area (Å²) in [5, 5.41) is 2.71. The number of nitrogen functional groups attached to an aromatic ring is 1. The maximum Gasteiger partial charge on any atom is 0.418 e. The van der Waals surface area contributed by atoms with Gasteiger partial charge in [-0.2, -0.15) is 13.2 Å². The van der Waals surface area contributed by atoms with Gasteiger partial charge in [-0.3, -0.25) is 0 Å². The monoisotopic (exact) mass is 287 g/mol. The van der Waals surface area contributed by atoms with Crippen LogP contribution in [-0.4, -0.2) is 4.98 Å². The van der Waals surface area contributed by atoms with Gasteiger partial charge in [0.05, 0.1) is 28.2 Å². The summed E-state index contributed by atoms with van der Waals surface area (Å²) >= 11 is 5.86. The first kappa shape index (κ1) is 13.5. The van der Waals surface area contributed by atoms with E-state index < -0.39 is 11.7 Å². The molecular weight excluding hydrogens is 279 g/mol. The number of rotatable bonds is 2. The second kappa shape index (κ2) is 4.97. The zero-order chi connectivity index (χ0) is 14.0. The molecule has 3 nitrogen and oxygen atoms in total. The molecule has 0 amide bonds. The van der Waals surface area contributed by atoms with Crippen LogP contribution in [0.15, 0.2) is 36.5 Å². The van der Waals surface area contributed by atoms with Gasteiger partial charge in [0.15, 0.2) is 0 Å². The molecule has 2 rings (SSSR count). The van der Waals surface area contributed by atoms with Gasteiger partial charge in [-0.1, -0.05) is 23.7 Å². The number of hydrogen-bond acceptors (Lipinski definition) is 3. The summed E-state index contributed by atoms with van der Waals surface area (Å²) in [7, 11) is 0. The molecule has 1 aromatic carbocycles. The molecule has 0 fully saturated rings. The van der Waals surface area contributed by atoms with Gasteiger partial charge in [0.2, 0.25) is 0 Å². The van der Waals surface area contributed by atoms with Gasteiger partial charge < -0.3 is 11.1 Å². The molecule has 0 unspecified atom stereocenters. The predicted molar refractivity (Wildman–Crippen MR) is 68.4 cm³/mol. The summed E-state index contributed by atoms with van der Waals surface area (Å²) in [5.74, 6) is 0.118. The third-order valence-corrected chi connectivity index (χ3v) is 2.64. The van der Waals surface area contributed by atoms with Crippen LogP contribution in [0.5, 0.6) is 0 Å². The van der Waals surface area contributed by atoms with Crippen LogP contribution < -0.4 is 11.1 Å². The van der Waals surface area contributed by atoms with Crippen molar-refractivity contribution in [1.82, 2.24) is 4.98 Å². The molecule has 1 heterocycles. The highest BCUT2D eigenvalue weighted by atomic mass is 35.5. The normalized spacial score (nSPS) is 11.4. The first-order valence-corrected chi connectivity index (χ1v) is 5.60. The number of benzene rings is 1. The second-order valence-corrected chi connectivity index (χ2v) is 4.17. The van der Waals surface area contributed by atoms with Crippen LogP contribution >= 0.6 is 11.6 Å². The van der Waals surface area contributed by atoms with E-state index in [4.69, 9.17) is 17.3 Å². The Hall–Kier alpha value is -1.95. The van der Waals surface area contributed by atoms with Crippen molar-refractivity contribution in [3.05, 3.63) is 47.1 Å². The van der Waals surface area contributed by atoms with Crippen molar-refractivity contribution in [3.8, 4) is 0 Å².